The normalized spacial score (nSPS) is 10.2. The minimum absolute atomic E-state index is 0.300. The molecular weight excluding hydrogens is 292 g/mol. The van der Waals surface area contributed by atoms with Crippen molar-refractivity contribution >= 4 is 23.5 Å². The highest BCUT2D eigenvalue weighted by molar-refractivity contribution is 6.30. The Morgan fingerprint density at radius 3 is 2.48 bits per heavy atom. The lowest BCUT2D eigenvalue weighted by Gasteiger charge is -2.07. The maximum Gasteiger partial charge on any atom is 0.321 e. The lowest BCUT2D eigenvalue weighted by Crippen LogP contribution is -2.39. The summed E-state index contributed by atoms with van der Waals surface area (Å²) < 4.78 is 0. The summed E-state index contributed by atoms with van der Waals surface area (Å²) in [6.07, 6.45) is 0. The molecule has 1 aromatic heterocycles. The molecule has 0 aliphatic rings. The number of hydrogen-bond acceptors (Lipinski definition) is 3. The molecule has 0 atom stereocenters. The molecule has 1 heterocycles. The van der Waals surface area contributed by atoms with E-state index in [1.54, 1.807) is 24.3 Å². The minimum Gasteiger partial charge on any atom is -0.334 e. The molecule has 0 aliphatic carbocycles. The van der Waals surface area contributed by atoms with Gasteiger partial charge in [-0.1, -0.05) is 11.6 Å². The average Bonchev–Trinajstić information content (AvgIpc) is 2.76. The largest absolute Gasteiger partial charge is 0.334 e. The Balaban J connectivity index is 1.90. The van der Waals surface area contributed by atoms with Crippen molar-refractivity contribution in [3.05, 3.63) is 51.8 Å². The van der Waals surface area contributed by atoms with Crippen molar-refractivity contribution in [1.82, 2.24) is 20.8 Å². The van der Waals surface area contributed by atoms with E-state index in [0.29, 0.717) is 17.1 Å². The SMILES string of the molecule is Cc1n[nH]c(C)c1CNC(=O)NC(=O)c1ccc(Cl)cc1. The van der Waals surface area contributed by atoms with Crippen LogP contribution in [0.3, 0.4) is 0 Å². The number of H-pyrrole nitrogens is 1. The third kappa shape index (κ3) is 3.82. The zero-order valence-electron chi connectivity index (χ0n) is 11.7. The van der Waals surface area contributed by atoms with E-state index in [2.05, 4.69) is 20.8 Å². The second kappa shape index (κ2) is 6.41. The monoisotopic (exact) mass is 306 g/mol. The third-order valence-electron chi connectivity index (χ3n) is 3.04. The van der Waals surface area contributed by atoms with Crippen LogP contribution in [0.2, 0.25) is 5.02 Å². The summed E-state index contributed by atoms with van der Waals surface area (Å²) >= 11 is 5.74. The molecule has 0 saturated carbocycles. The molecule has 3 amide bonds. The number of carbonyl (C=O) groups excluding carboxylic acids is 2. The van der Waals surface area contributed by atoms with Crippen LogP contribution in [0.4, 0.5) is 4.79 Å². The van der Waals surface area contributed by atoms with Gasteiger partial charge in [0.05, 0.1) is 5.69 Å². The number of halogens is 1. The maximum absolute atomic E-state index is 11.8. The van der Waals surface area contributed by atoms with Crippen molar-refractivity contribution in [3.63, 3.8) is 0 Å². The summed E-state index contributed by atoms with van der Waals surface area (Å²) in [5.74, 6) is -0.482. The van der Waals surface area contributed by atoms with Gasteiger partial charge in [0.25, 0.3) is 5.91 Å². The van der Waals surface area contributed by atoms with Crippen molar-refractivity contribution in [2.45, 2.75) is 20.4 Å². The van der Waals surface area contributed by atoms with Crippen LogP contribution in [0.25, 0.3) is 0 Å². The van der Waals surface area contributed by atoms with Crippen molar-refractivity contribution in [2.24, 2.45) is 0 Å². The lowest BCUT2D eigenvalue weighted by atomic mass is 10.2. The number of imide groups is 1. The maximum atomic E-state index is 11.8. The first kappa shape index (κ1) is 15.1. The molecule has 21 heavy (non-hydrogen) atoms. The fourth-order valence-corrected chi connectivity index (χ4v) is 1.95. The molecule has 0 radical (unpaired) electrons. The average molecular weight is 307 g/mol. The minimum atomic E-state index is -0.560. The van der Waals surface area contributed by atoms with E-state index < -0.39 is 11.9 Å². The van der Waals surface area contributed by atoms with Crippen LogP contribution in [0.5, 0.6) is 0 Å². The number of rotatable bonds is 3. The zero-order valence-corrected chi connectivity index (χ0v) is 12.4. The molecule has 6 nitrogen and oxygen atoms in total. The number of carbonyl (C=O) groups is 2. The van der Waals surface area contributed by atoms with E-state index in [9.17, 15) is 9.59 Å². The van der Waals surface area contributed by atoms with Crippen LogP contribution in [0.15, 0.2) is 24.3 Å². The second-order valence-electron chi connectivity index (χ2n) is 4.56. The summed E-state index contributed by atoms with van der Waals surface area (Å²) in [5.41, 5.74) is 2.97. The Morgan fingerprint density at radius 1 is 1.24 bits per heavy atom. The Hall–Kier alpha value is -2.34. The molecule has 3 N–H and O–H groups in total. The molecular formula is C14H15ClN4O2. The molecule has 1 aromatic carbocycles. The van der Waals surface area contributed by atoms with Gasteiger partial charge in [0.15, 0.2) is 0 Å². The van der Waals surface area contributed by atoms with Crippen molar-refractivity contribution in [2.75, 3.05) is 0 Å². The van der Waals surface area contributed by atoms with E-state index in [1.807, 2.05) is 13.8 Å². The summed E-state index contributed by atoms with van der Waals surface area (Å²) in [5, 5.41) is 12.3. The first-order chi connectivity index (χ1) is 9.97. The second-order valence-corrected chi connectivity index (χ2v) is 4.99. The molecule has 110 valence electrons. The van der Waals surface area contributed by atoms with Gasteiger partial charge in [-0.3, -0.25) is 15.2 Å². The highest BCUT2D eigenvalue weighted by Gasteiger charge is 2.11. The van der Waals surface area contributed by atoms with Crippen molar-refractivity contribution in [3.8, 4) is 0 Å². The number of benzene rings is 1. The third-order valence-corrected chi connectivity index (χ3v) is 3.29. The van der Waals surface area contributed by atoms with E-state index in [0.717, 1.165) is 17.0 Å². The van der Waals surface area contributed by atoms with Gasteiger partial charge in [-0.05, 0) is 38.1 Å². The molecule has 0 saturated heterocycles. The Morgan fingerprint density at radius 2 is 1.90 bits per heavy atom. The summed E-state index contributed by atoms with van der Waals surface area (Å²) in [6, 6.07) is 5.72. The number of aromatic amines is 1. The van der Waals surface area contributed by atoms with Gasteiger partial charge in [-0.15, -0.1) is 0 Å². The van der Waals surface area contributed by atoms with E-state index in [-0.39, 0.29) is 0 Å². The van der Waals surface area contributed by atoms with Crippen LogP contribution < -0.4 is 10.6 Å². The first-order valence-corrected chi connectivity index (χ1v) is 6.70. The highest BCUT2D eigenvalue weighted by atomic mass is 35.5. The highest BCUT2D eigenvalue weighted by Crippen LogP contribution is 2.10. The van der Waals surface area contributed by atoms with Gasteiger partial charge >= 0.3 is 6.03 Å². The van der Waals surface area contributed by atoms with Gasteiger partial charge < -0.3 is 5.32 Å². The summed E-state index contributed by atoms with van der Waals surface area (Å²) in [6.45, 7) is 4.01. The van der Waals surface area contributed by atoms with E-state index in [4.69, 9.17) is 11.6 Å². The first-order valence-electron chi connectivity index (χ1n) is 6.32. The number of urea groups is 1. The zero-order chi connectivity index (χ0) is 15.4. The molecule has 0 unspecified atom stereocenters. The number of aryl methyl sites for hydroxylation is 2. The van der Waals surface area contributed by atoms with Crippen LogP contribution in [-0.4, -0.2) is 22.1 Å². The molecule has 7 heteroatoms. The molecule has 0 spiro atoms. The van der Waals surface area contributed by atoms with E-state index in [1.165, 1.54) is 0 Å². The molecule has 0 aliphatic heterocycles. The van der Waals surface area contributed by atoms with Crippen LogP contribution in [0.1, 0.15) is 27.3 Å². The van der Waals surface area contributed by atoms with Gasteiger partial charge in [-0.25, -0.2) is 4.79 Å². The topological polar surface area (TPSA) is 86.9 Å². The number of amides is 3. The predicted octanol–water partition coefficient (Wildman–Crippen LogP) is 2.32. The Bertz CT molecular complexity index is 645. The number of aromatic nitrogens is 2. The number of nitrogens with one attached hydrogen (secondary N) is 3. The van der Waals surface area contributed by atoms with Gasteiger partial charge in [0, 0.05) is 28.4 Å². The Labute approximate surface area is 126 Å². The standard InChI is InChI=1S/C14H15ClN4O2/c1-8-12(9(2)19-18-8)7-16-14(21)17-13(20)10-3-5-11(15)6-4-10/h3-6H,7H2,1-2H3,(H,18,19)(H2,16,17,20,21). The van der Waals surface area contributed by atoms with Gasteiger partial charge in [0.1, 0.15) is 0 Å². The van der Waals surface area contributed by atoms with Crippen molar-refractivity contribution < 1.29 is 9.59 Å². The Kier molecular flexibility index (Phi) is 4.59. The van der Waals surface area contributed by atoms with Crippen LogP contribution >= 0.6 is 11.6 Å². The molecule has 0 fully saturated rings. The number of hydrogen-bond donors (Lipinski definition) is 3. The smallest absolute Gasteiger partial charge is 0.321 e. The van der Waals surface area contributed by atoms with Gasteiger partial charge in [-0.2, -0.15) is 5.10 Å². The predicted molar refractivity (Wildman–Crippen MR) is 79.2 cm³/mol. The fourth-order valence-electron chi connectivity index (χ4n) is 1.82. The van der Waals surface area contributed by atoms with Crippen LogP contribution in [0, 0.1) is 13.8 Å². The van der Waals surface area contributed by atoms with Gasteiger partial charge in [0.2, 0.25) is 0 Å². The quantitative estimate of drug-likeness (QED) is 0.813. The lowest BCUT2D eigenvalue weighted by molar-refractivity contribution is 0.0964. The fraction of sp³-hybridized carbons (Fsp3) is 0.214. The van der Waals surface area contributed by atoms with Crippen molar-refractivity contribution in [1.29, 1.82) is 0 Å². The molecule has 2 aromatic rings. The van der Waals surface area contributed by atoms with E-state index >= 15 is 0 Å². The summed E-state index contributed by atoms with van der Waals surface area (Å²) in [7, 11) is 0. The molecule has 0 bridgehead atoms. The summed E-state index contributed by atoms with van der Waals surface area (Å²) in [4.78, 5) is 23.5. The number of nitrogens with zero attached hydrogens (tertiary/aromatic N) is 1. The van der Waals surface area contributed by atoms with Crippen LogP contribution in [-0.2, 0) is 6.54 Å². The molecule has 2 rings (SSSR count).